The molecular weight excluding hydrogens is 534 g/mol. The molecule has 1 fully saturated rings. The number of aromatic nitrogens is 2. The molecule has 0 bridgehead atoms. The predicted octanol–water partition coefficient (Wildman–Crippen LogP) is 6.11. The van der Waals surface area contributed by atoms with Gasteiger partial charge in [-0.15, -0.1) is 11.3 Å². The first kappa shape index (κ1) is 29.0. The lowest BCUT2D eigenvalue weighted by Crippen LogP contribution is -2.40. The number of benzene rings is 1. The number of carbonyl (C=O) groups is 1. The molecule has 0 atom stereocenters. The standard InChI is InChI=1S/C21H18F6N4OS.2H2S/c22-20(23,24)16-8-13(9-17(31-16)21(25,26)27)29-11-4-6-12(7-5-11)30-19(32)14-2-1-3-15-18(14)33-10-28-15;;/h1-3,8-12H,4-7H2,(H,29,31)(H,30,32);2*1H2. The summed E-state index contributed by atoms with van der Waals surface area (Å²) in [5.41, 5.74) is -0.572. The van der Waals surface area contributed by atoms with Gasteiger partial charge < -0.3 is 10.6 Å². The number of fused-ring (bicyclic) bond motifs is 1. The third kappa shape index (κ3) is 6.94. The highest BCUT2D eigenvalue weighted by Crippen LogP contribution is 2.36. The molecule has 192 valence electrons. The van der Waals surface area contributed by atoms with Crippen molar-refractivity contribution in [2.24, 2.45) is 0 Å². The zero-order chi connectivity index (χ0) is 23.8. The highest BCUT2D eigenvalue weighted by molar-refractivity contribution is 7.59. The van der Waals surface area contributed by atoms with Gasteiger partial charge in [0.2, 0.25) is 0 Å². The van der Waals surface area contributed by atoms with Crippen LogP contribution in [0.25, 0.3) is 10.2 Å². The minimum Gasteiger partial charge on any atom is -0.382 e. The van der Waals surface area contributed by atoms with Gasteiger partial charge >= 0.3 is 12.4 Å². The van der Waals surface area contributed by atoms with E-state index in [4.69, 9.17) is 0 Å². The maximum absolute atomic E-state index is 13.0. The van der Waals surface area contributed by atoms with E-state index in [0.717, 1.165) is 10.2 Å². The molecule has 0 spiro atoms. The number of hydrogen-bond donors (Lipinski definition) is 2. The van der Waals surface area contributed by atoms with Crippen molar-refractivity contribution in [1.29, 1.82) is 0 Å². The van der Waals surface area contributed by atoms with Crippen molar-refractivity contribution >= 4 is 60.1 Å². The molecule has 3 aromatic rings. The van der Waals surface area contributed by atoms with Gasteiger partial charge in [0.05, 0.1) is 21.3 Å². The van der Waals surface area contributed by atoms with Crippen molar-refractivity contribution < 1.29 is 31.1 Å². The molecule has 1 aromatic carbocycles. The highest BCUT2D eigenvalue weighted by atomic mass is 32.1. The number of nitrogens with one attached hydrogen (secondary N) is 2. The molecule has 14 heteroatoms. The Morgan fingerprint density at radius 3 is 2.06 bits per heavy atom. The van der Waals surface area contributed by atoms with E-state index in [-0.39, 0.29) is 50.7 Å². The number of carbonyl (C=O) groups excluding carboxylic acids is 1. The molecule has 2 N–H and O–H groups in total. The Morgan fingerprint density at radius 1 is 0.914 bits per heavy atom. The number of thiazole rings is 1. The molecule has 1 saturated carbocycles. The Morgan fingerprint density at radius 2 is 1.49 bits per heavy atom. The Balaban J connectivity index is 0.00000216. The van der Waals surface area contributed by atoms with Crippen LogP contribution in [0.1, 0.15) is 47.4 Å². The molecule has 2 aromatic heterocycles. The zero-order valence-corrected chi connectivity index (χ0v) is 20.7. The van der Waals surface area contributed by atoms with E-state index in [1.165, 1.54) is 11.3 Å². The van der Waals surface area contributed by atoms with Gasteiger partial charge in [0.15, 0.2) is 0 Å². The van der Waals surface area contributed by atoms with Gasteiger partial charge in [-0.25, -0.2) is 9.97 Å². The van der Waals surface area contributed by atoms with Gasteiger partial charge in [-0.3, -0.25) is 4.79 Å². The summed E-state index contributed by atoms with van der Waals surface area (Å²) in [6.45, 7) is 0. The average Bonchev–Trinajstić information content (AvgIpc) is 3.22. The van der Waals surface area contributed by atoms with Crippen molar-refractivity contribution in [3.63, 3.8) is 0 Å². The SMILES string of the molecule is O=C(NC1CCC(Nc2cc(C(F)(F)F)nc(C(F)(F)F)c2)CC1)c1cccc2ncsc12.S.S. The van der Waals surface area contributed by atoms with Crippen molar-refractivity contribution in [2.75, 3.05) is 5.32 Å². The van der Waals surface area contributed by atoms with Crippen LogP contribution in [0.2, 0.25) is 0 Å². The largest absolute Gasteiger partial charge is 0.433 e. The lowest BCUT2D eigenvalue weighted by atomic mass is 9.90. The summed E-state index contributed by atoms with van der Waals surface area (Å²) in [5.74, 6) is -0.236. The summed E-state index contributed by atoms with van der Waals surface area (Å²) in [6.07, 6.45) is -7.99. The number of anilines is 1. The first-order valence-electron chi connectivity index (χ1n) is 10.1. The molecule has 1 amide bonds. The molecule has 0 saturated heterocycles. The van der Waals surface area contributed by atoms with Gasteiger partial charge in [-0.2, -0.15) is 53.3 Å². The first-order valence-corrected chi connectivity index (χ1v) is 10.9. The summed E-state index contributed by atoms with van der Waals surface area (Å²) in [5, 5.41) is 5.74. The van der Waals surface area contributed by atoms with Crippen LogP contribution in [0.3, 0.4) is 0 Å². The van der Waals surface area contributed by atoms with Crippen LogP contribution >= 0.6 is 38.3 Å². The number of amides is 1. The second kappa shape index (κ2) is 11.2. The summed E-state index contributed by atoms with van der Waals surface area (Å²) >= 11 is 1.36. The van der Waals surface area contributed by atoms with Gasteiger partial charge in [0.25, 0.3) is 5.91 Å². The zero-order valence-electron chi connectivity index (χ0n) is 17.9. The quantitative estimate of drug-likeness (QED) is 0.381. The molecule has 4 rings (SSSR count). The van der Waals surface area contributed by atoms with Crippen LogP contribution in [-0.2, 0) is 12.4 Å². The third-order valence-electron chi connectivity index (χ3n) is 5.44. The fraction of sp³-hybridized carbons (Fsp3) is 0.381. The van der Waals surface area contributed by atoms with Crippen molar-refractivity contribution in [3.05, 3.63) is 52.8 Å². The molecule has 0 aliphatic heterocycles. The number of halogens is 6. The van der Waals surface area contributed by atoms with E-state index in [0.29, 0.717) is 43.4 Å². The first-order chi connectivity index (χ1) is 15.5. The summed E-state index contributed by atoms with van der Waals surface area (Å²) in [4.78, 5) is 19.6. The molecular formula is C21H22F6N4OS3. The average molecular weight is 557 g/mol. The Hall–Kier alpha value is -2.19. The summed E-state index contributed by atoms with van der Waals surface area (Å²) in [7, 11) is 0. The lowest BCUT2D eigenvalue weighted by Gasteiger charge is -2.30. The summed E-state index contributed by atoms with van der Waals surface area (Å²) in [6, 6.07) is 5.96. The van der Waals surface area contributed by atoms with E-state index < -0.39 is 23.7 Å². The van der Waals surface area contributed by atoms with Crippen LogP contribution in [-0.4, -0.2) is 28.0 Å². The third-order valence-corrected chi connectivity index (χ3v) is 6.32. The monoisotopic (exact) mass is 556 g/mol. The minimum atomic E-state index is -5.00. The maximum atomic E-state index is 13.0. The number of pyridine rings is 1. The fourth-order valence-corrected chi connectivity index (χ4v) is 4.65. The predicted molar refractivity (Wildman–Crippen MR) is 132 cm³/mol. The molecule has 1 aliphatic rings. The van der Waals surface area contributed by atoms with Gasteiger partial charge in [-0.05, 0) is 49.9 Å². The molecule has 0 radical (unpaired) electrons. The minimum absolute atomic E-state index is 0. The second-order valence-corrected chi connectivity index (χ2v) is 8.65. The van der Waals surface area contributed by atoms with Gasteiger partial charge in [0.1, 0.15) is 11.4 Å². The number of nitrogens with zero attached hydrogens (tertiary/aromatic N) is 2. The van der Waals surface area contributed by atoms with Crippen molar-refractivity contribution in [2.45, 2.75) is 50.1 Å². The van der Waals surface area contributed by atoms with Gasteiger partial charge in [0, 0.05) is 17.8 Å². The molecule has 35 heavy (non-hydrogen) atoms. The normalized spacial score (nSPS) is 18.3. The molecule has 5 nitrogen and oxygen atoms in total. The second-order valence-electron chi connectivity index (χ2n) is 7.79. The van der Waals surface area contributed by atoms with Crippen LogP contribution in [0, 0.1) is 0 Å². The smallest absolute Gasteiger partial charge is 0.382 e. The van der Waals surface area contributed by atoms with Crippen LogP contribution in [0.4, 0.5) is 32.0 Å². The maximum Gasteiger partial charge on any atom is 0.433 e. The Labute approximate surface area is 214 Å². The van der Waals surface area contributed by atoms with Crippen molar-refractivity contribution in [1.82, 2.24) is 15.3 Å². The van der Waals surface area contributed by atoms with Crippen LogP contribution in [0.15, 0.2) is 35.8 Å². The number of alkyl halides is 6. The molecule has 2 heterocycles. The Bertz CT molecular complexity index is 1130. The van der Waals surface area contributed by atoms with E-state index in [9.17, 15) is 31.1 Å². The van der Waals surface area contributed by atoms with Gasteiger partial charge in [-0.1, -0.05) is 6.07 Å². The molecule has 0 unspecified atom stereocenters. The van der Waals surface area contributed by atoms with Crippen LogP contribution in [0.5, 0.6) is 0 Å². The molecule has 1 aliphatic carbocycles. The highest BCUT2D eigenvalue weighted by Gasteiger charge is 2.39. The van der Waals surface area contributed by atoms with Crippen molar-refractivity contribution in [3.8, 4) is 0 Å². The number of hydrogen-bond acceptors (Lipinski definition) is 5. The number of rotatable bonds is 4. The van der Waals surface area contributed by atoms with E-state index in [1.54, 1.807) is 17.6 Å². The lowest BCUT2D eigenvalue weighted by molar-refractivity contribution is -0.150. The summed E-state index contributed by atoms with van der Waals surface area (Å²) < 4.78 is 78.8. The fourth-order valence-electron chi connectivity index (χ4n) is 3.85. The topological polar surface area (TPSA) is 66.9 Å². The van der Waals surface area contributed by atoms with E-state index in [1.807, 2.05) is 6.07 Å². The Kier molecular flexibility index (Phi) is 9.33. The van der Waals surface area contributed by atoms with Crippen LogP contribution < -0.4 is 10.6 Å². The van der Waals surface area contributed by atoms with E-state index >= 15 is 0 Å². The van der Waals surface area contributed by atoms with E-state index in [2.05, 4.69) is 20.6 Å².